The van der Waals surface area contributed by atoms with E-state index in [4.69, 9.17) is 15.6 Å². The minimum atomic E-state index is -5.94. The first-order chi connectivity index (χ1) is 26.8. The highest BCUT2D eigenvalue weighted by molar-refractivity contribution is 7.59. The number of imidazole rings is 1. The van der Waals surface area contributed by atoms with Gasteiger partial charge in [0.1, 0.15) is 42.0 Å². The Morgan fingerprint density at radius 1 is 1.00 bits per heavy atom. The molecule has 0 radical (unpaired) electrons. The average Bonchev–Trinajstić information content (AvgIpc) is 3.66. The Labute approximate surface area is 328 Å². The van der Waals surface area contributed by atoms with Crippen LogP contribution in [0.5, 0.6) is 0 Å². The largest absolute Gasteiger partial charge is 0.790 e. The van der Waals surface area contributed by atoms with E-state index < -0.39 is 96.6 Å². The molecule has 30 heteroatoms. The molecular formula is C28H42N7O20P3-4. The third kappa shape index (κ3) is 15.3. The van der Waals surface area contributed by atoms with Gasteiger partial charge >= 0.3 is 5.97 Å². The molecule has 328 valence electrons. The van der Waals surface area contributed by atoms with E-state index in [1.807, 2.05) is 0 Å². The quantitative estimate of drug-likeness (QED) is 0.0465. The number of aliphatic hydroxyl groups excluding tert-OH is 3. The Kier molecular flexibility index (Phi) is 17.5. The van der Waals surface area contributed by atoms with Crippen LogP contribution in [0.1, 0.15) is 58.6 Å². The third-order valence-electron chi connectivity index (χ3n) is 8.17. The monoisotopic (exact) mass is 889 g/mol. The zero-order chi connectivity index (χ0) is 43.6. The van der Waals surface area contributed by atoms with Crippen LogP contribution < -0.4 is 35.9 Å². The van der Waals surface area contributed by atoms with Crippen molar-refractivity contribution in [2.45, 2.75) is 89.1 Å². The Hall–Kier alpha value is -3.36. The number of carbonyl (C=O) groups excluding carboxylic acids is 3. The average molecular weight is 890 g/mol. The van der Waals surface area contributed by atoms with Crippen molar-refractivity contribution in [3.63, 3.8) is 0 Å². The number of Topliss-reactive ketones (excluding diaryl/α,β-unsaturated/α-hetero) is 1. The van der Waals surface area contributed by atoms with E-state index in [1.54, 1.807) is 0 Å². The number of carbonyl (C=O) groups is 4. The fourth-order valence-electron chi connectivity index (χ4n) is 5.21. The van der Waals surface area contributed by atoms with Crippen molar-refractivity contribution in [3.05, 3.63) is 12.7 Å². The van der Waals surface area contributed by atoms with E-state index in [0.29, 0.717) is 0 Å². The zero-order valence-electron chi connectivity index (χ0n) is 30.7. The summed E-state index contributed by atoms with van der Waals surface area (Å²) in [6, 6.07) is 0. The lowest BCUT2D eigenvalue weighted by Crippen LogP contribution is -2.46. The number of aliphatic carboxylic acids is 1. The van der Waals surface area contributed by atoms with Crippen LogP contribution in [-0.2, 0) is 55.5 Å². The summed E-state index contributed by atoms with van der Waals surface area (Å²) < 4.78 is 60.4. The van der Waals surface area contributed by atoms with Crippen LogP contribution in [0.25, 0.3) is 11.2 Å². The molecule has 0 bridgehead atoms. The van der Waals surface area contributed by atoms with E-state index in [0.717, 1.165) is 31.1 Å². The summed E-state index contributed by atoms with van der Waals surface area (Å²) in [5.74, 6) is -3.17. The van der Waals surface area contributed by atoms with E-state index >= 15 is 0 Å². The Bertz CT molecular complexity index is 1910. The summed E-state index contributed by atoms with van der Waals surface area (Å²) in [6.45, 7) is -0.419. The van der Waals surface area contributed by atoms with E-state index in [2.05, 4.69) is 43.5 Å². The highest BCUT2D eigenvalue weighted by atomic mass is 31.3. The van der Waals surface area contributed by atoms with Gasteiger partial charge in [0.2, 0.25) is 11.8 Å². The van der Waals surface area contributed by atoms with Crippen LogP contribution in [-0.4, -0.2) is 120 Å². The molecule has 0 aliphatic carbocycles. The summed E-state index contributed by atoms with van der Waals surface area (Å²) in [6.07, 6.45) is -9.07. The fraction of sp³-hybridized carbons (Fsp3) is 0.679. The van der Waals surface area contributed by atoms with Gasteiger partial charge in [-0.05, 0) is 12.8 Å². The van der Waals surface area contributed by atoms with Gasteiger partial charge in [0.05, 0.1) is 33.5 Å². The second-order valence-electron chi connectivity index (χ2n) is 13.4. The first kappa shape index (κ1) is 49.0. The lowest BCUT2D eigenvalue weighted by Gasteiger charge is -2.36. The number of carboxylic acids is 1. The summed E-state index contributed by atoms with van der Waals surface area (Å²) in [7, 11) is -17.7. The lowest BCUT2D eigenvalue weighted by atomic mass is 9.87. The molecule has 0 aromatic carbocycles. The Morgan fingerprint density at radius 3 is 2.31 bits per heavy atom. The van der Waals surface area contributed by atoms with Crippen molar-refractivity contribution in [1.29, 1.82) is 0 Å². The van der Waals surface area contributed by atoms with Crippen LogP contribution in [0.15, 0.2) is 12.7 Å². The standard InChI is InChI=1S/C28H46N7O20P3/c1-28(2,23(42)26(43)31-9-7-18(38)30-8-6-16(37)10-15(36)4-3-5-19(39)40)12-52-58(49,50)55-57(47,48)51-11-17-22(54-56(44,45)46)21(41)27(53-17)35-14-34-20-24(29)32-13-33-25(20)35/h13-15,17,21-23,27,36,41-42H,3-12H2,1-2H3,(H,30,38)(H,31,43)(H,39,40)(H,47,48)(H,49,50)(H2,29,32,33)(H2,44,45,46)/p-4. The van der Waals surface area contributed by atoms with Gasteiger partial charge in [0, 0.05) is 44.2 Å². The normalized spacial score (nSPS) is 21.8. The maximum absolute atomic E-state index is 12.5. The molecule has 1 aliphatic rings. The summed E-state index contributed by atoms with van der Waals surface area (Å²) >= 11 is 0. The summed E-state index contributed by atoms with van der Waals surface area (Å²) in [5.41, 5.74) is 3.98. The SMILES string of the molecule is CC(C)(COP(=O)([O-])OP(=O)([O-])OCC1OC(n2cnc3c(N)ncnc32)C(O)C1OP(=O)([O-])[O-])C(O)C(=O)NCCC(=O)NCCC(=O)CC(O)CCCC(=O)O. The number of nitrogens with zero attached hydrogens (tertiary/aromatic N) is 4. The number of rotatable bonds is 25. The molecular weight excluding hydrogens is 847 g/mol. The molecule has 2 aromatic heterocycles. The topological polar surface area (TPSA) is 432 Å². The molecule has 0 saturated carbocycles. The molecule has 58 heavy (non-hydrogen) atoms. The molecule has 1 aliphatic heterocycles. The minimum absolute atomic E-state index is 0.0289. The number of aliphatic hydroxyl groups is 3. The number of nitrogens with one attached hydrogen (secondary N) is 2. The summed E-state index contributed by atoms with van der Waals surface area (Å²) in [5, 5.41) is 44.4. The number of hydrogen-bond acceptors (Lipinski definition) is 23. The zero-order valence-corrected chi connectivity index (χ0v) is 33.4. The van der Waals surface area contributed by atoms with Crippen LogP contribution in [0.3, 0.4) is 0 Å². The number of nitrogen functional groups attached to an aromatic ring is 1. The molecule has 2 aromatic rings. The van der Waals surface area contributed by atoms with Gasteiger partial charge in [0.25, 0.3) is 15.6 Å². The molecule has 1 saturated heterocycles. The molecule has 2 amide bonds. The molecule has 0 spiro atoms. The number of aromatic nitrogens is 4. The fourth-order valence-corrected chi connectivity index (χ4v) is 7.95. The van der Waals surface area contributed by atoms with Gasteiger partial charge in [-0.3, -0.25) is 32.9 Å². The van der Waals surface area contributed by atoms with Gasteiger partial charge in [-0.25, -0.2) is 19.3 Å². The van der Waals surface area contributed by atoms with Gasteiger partial charge in [-0.2, -0.15) is 0 Å². The number of fused-ring (bicyclic) bond motifs is 1. The van der Waals surface area contributed by atoms with Gasteiger partial charge < -0.3 is 79.2 Å². The number of carboxylic acid groups (broad SMARTS) is 1. The number of ether oxygens (including phenoxy) is 1. The van der Waals surface area contributed by atoms with Crippen molar-refractivity contribution in [3.8, 4) is 0 Å². The first-order valence-electron chi connectivity index (χ1n) is 17.0. The van der Waals surface area contributed by atoms with Crippen molar-refractivity contribution < 1.29 is 95.5 Å². The van der Waals surface area contributed by atoms with Crippen molar-refractivity contribution >= 4 is 64.0 Å². The molecule has 3 rings (SSSR count). The van der Waals surface area contributed by atoms with Crippen molar-refractivity contribution in [2.75, 3.05) is 32.0 Å². The lowest BCUT2D eigenvalue weighted by molar-refractivity contribution is -0.347. The van der Waals surface area contributed by atoms with E-state index in [9.17, 15) is 67.8 Å². The number of amides is 2. The maximum atomic E-state index is 12.5. The molecule has 8 atom stereocenters. The van der Waals surface area contributed by atoms with Crippen molar-refractivity contribution in [2.24, 2.45) is 5.41 Å². The van der Waals surface area contributed by atoms with Crippen LogP contribution in [0, 0.1) is 5.41 Å². The van der Waals surface area contributed by atoms with Crippen LogP contribution >= 0.6 is 23.5 Å². The Balaban J connectivity index is 1.46. The number of ketones is 1. The van der Waals surface area contributed by atoms with Crippen LogP contribution in [0.2, 0.25) is 0 Å². The summed E-state index contributed by atoms with van der Waals surface area (Å²) in [4.78, 5) is 106. The highest BCUT2D eigenvalue weighted by Crippen LogP contribution is 2.56. The molecule has 8 N–H and O–H groups in total. The number of hydrogen-bond donors (Lipinski definition) is 7. The van der Waals surface area contributed by atoms with Gasteiger partial charge in [0.15, 0.2) is 17.7 Å². The van der Waals surface area contributed by atoms with Crippen LogP contribution in [0.4, 0.5) is 5.82 Å². The smallest absolute Gasteiger partial charge is 0.303 e. The molecule has 3 heterocycles. The number of nitrogens with two attached hydrogens (primary N) is 1. The minimum Gasteiger partial charge on any atom is -0.790 e. The predicted octanol–water partition coefficient (Wildman–Crippen LogP) is -4.16. The van der Waals surface area contributed by atoms with E-state index in [1.165, 1.54) is 0 Å². The number of anilines is 1. The number of phosphoric ester groups is 3. The highest BCUT2D eigenvalue weighted by Gasteiger charge is 2.47. The molecule has 27 nitrogen and oxygen atoms in total. The maximum Gasteiger partial charge on any atom is 0.303 e. The molecule has 1 fully saturated rings. The van der Waals surface area contributed by atoms with Gasteiger partial charge in [-0.15, -0.1) is 0 Å². The third-order valence-corrected chi connectivity index (χ3v) is 11.2. The van der Waals surface area contributed by atoms with Gasteiger partial charge in [-0.1, -0.05) is 13.8 Å². The second-order valence-corrected chi connectivity index (χ2v) is 17.5. The second kappa shape index (κ2) is 20.7. The number of phosphoric acid groups is 3. The Morgan fingerprint density at radius 2 is 1.66 bits per heavy atom. The first-order valence-corrected chi connectivity index (χ1v) is 21.4. The molecule has 8 unspecified atom stereocenters. The van der Waals surface area contributed by atoms with E-state index in [-0.39, 0.29) is 74.4 Å². The van der Waals surface area contributed by atoms with Crippen molar-refractivity contribution in [1.82, 2.24) is 30.2 Å². The predicted molar refractivity (Wildman–Crippen MR) is 182 cm³/mol.